The van der Waals surface area contributed by atoms with E-state index in [0.29, 0.717) is 0 Å². The maximum absolute atomic E-state index is 6.33. The van der Waals surface area contributed by atoms with Gasteiger partial charge in [0.25, 0.3) is 0 Å². The monoisotopic (exact) mass is 323 g/mol. The predicted molar refractivity (Wildman–Crippen MR) is 84.9 cm³/mol. The number of ether oxygens (including phenoxy) is 1. The predicted octanol–water partition coefficient (Wildman–Crippen LogP) is 1.79. The zero-order valence-electron chi connectivity index (χ0n) is 13.3. The van der Waals surface area contributed by atoms with E-state index in [4.69, 9.17) is 16.3 Å². The first-order valence-electron chi connectivity index (χ1n) is 7.54. The molecular weight excluding hydrogens is 302 g/mol. The van der Waals surface area contributed by atoms with Gasteiger partial charge in [-0.25, -0.2) is 0 Å². The van der Waals surface area contributed by atoms with Crippen molar-refractivity contribution in [2.24, 2.45) is 7.05 Å². The third-order valence-corrected chi connectivity index (χ3v) is 4.50. The minimum absolute atomic E-state index is 0.156. The van der Waals surface area contributed by atoms with Crippen molar-refractivity contribution in [1.29, 1.82) is 0 Å². The van der Waals surface area contributed by atoms with Crippen molar-refractivity contribution >= 4 is 11.6 Å². The van der Waals surface area contributed by atoms with Crippen LogP contribution < -0.4 is 0 Å². The quantitative estimate of drug-likeness (QED) is 0.860. The SMILES string of the molecule is Cc1cnn(C[C@H]2CN(Cc3c(C)nn(C)c3Cl)CCO2)c1. The van der Waals surface area contributed by atoms with E-state index < -0.39 is 0 Å². The van der Waals surface area contributed by atoms with Crippen LogP contribution in [-0.2, 0) is 24.9 Å². The topological polar surface area (TPSA) is 48.1 Å². The number of hydrogen-bond donors (Lipinski definition) is 0. The van der Waals surface area contributed by atoms with E-state index >= 15 is 0 Å². The Morgan fingerprint density at radius 1 is 1.41 bits per heavy atom. The van der Waals surface area contributed by atoms with Crippen molar-refractivity contribution < 1.29 is 4.74 Å². The van der Waals surface area contributed by atoms with Crippen LogP contribution in [0.15, 0.2) is 12.4 Å². The zero-order valence-corrected chi connectivity index (χ0v) is 14.0. The molecule has 1 aliphatic rings. The van der Waals surface area contributed by atoms with Gasteiger partial charge in [-0.15, -0.1) is 0 Å². The Morgan fingerprint density at radius 2 is 2.23 bits per heavy atom. The fourth-order valence-electron chi connectivity index (χ4n) is 2.89. The van der Waals surface area contributed by atoms with E-state index in [1.807, 2.05) is 38.0 Å². The summed E-state index contributed by atoms with van der Waals surface area (Å²) in [4.78, 5) is 2.38. The van der Waals surface area contributed by atoms with Gasteiger partial charge in [0.1, 0.15) is 5.15 Å². The van der Waals surface area contributed by atoms with E-state index in [1.54, 1.807) is 4.68 Å². The molecule has 0 saturated carbocycles. The Morgan fingerprint density at radius 3 is 2.86 bits per heavy atom. The molecule has 0 aromatic carbocycles. The summed E-state index contributed by atoms with van der Waals surface area (Å²) in [5, 5.41) is 9.44. The third-order valence-electron chi connectivity index (χ3n) is 4.03. The second-order valence-corrected chi connectivity index (χ2v) is 6.30. The summed E-state index contributed by atoms with van der Waals surface area (Å²) in [5.74, 6) is 0. The number of rotatable bonds is 4. The summed E-state index contributed by atoms with van der Waals surface area (Å²) >= 11 is 6.33. The molecule has 6 nitrogen and oxygen atoms in total. The highest BCUT2D eigenvalue weighted by Crippen LogP contribution is 2.21. The molecule has 1 saturated heterocycles. The van der Waals surface area contributed by atoms with Gasteiger partial charge in [-0.05, 0) is 19.4 Å². The molecule has 22 heavy (non-hydrogen) atoms. The van der Waals surface area contributed by atoms with Gasteiger partial charge in [0.15, 0.2) is 0 Å². The summed E-state index contributed by atoms with van der Waals surface area (Å²) in [5.41, 5.74) is 3.28. The summed E-state index contributed by atoms with van der Waals surface area (Å²) in [6.07, 6.45) is 4.08. The molecule has 0 amide bonds. The van der Waals surface area contributed by atoms with Gasteiger partial charge in [-0.1, -0.05) is 11.6 Å². The van der Waals surface area contributed by atoms with Crippen LogP contribution in [0, 0.1) is 13.8 Å². The molecule has 2 aromatic heterocycles. The highest BCUT2D eigenvalue weighted by atomic mass is 35.5. The molecular formula is C15H22ClN5O. The molecule has 0 bridgehead atoms. The average molecular weight is 324 g/mol. The number of hydrogen-bond acceptors (Lipinski definition) is 4. The van der Waals surface area contributed by atoms with Crippen LogP contribution in [0.3, 0.4) is 0 Å². The van der Waals surface area contributed by atoms with E-state index in [0.717, 1.165) is 49.2 Å². The molecule has 3 heterocycles. The fraction of sp³-hybridized carbons (Fsp3) is 0.600. The minimum atomic E-state index is 0.156. The number of aryl methyl sites for hydroxylation is 3. The van der Waals surface area contributed by atoms with Gasteiger partial charge >= 0.3 is 0 Å². The molecule has 2 aromatic rings. The molecule has 0 N–H and O–H groups in total. The van der Waals surface area contributed by atoms with Gasteiger partial charge < -0.3 is 4.74 Å². The Bertz CT molecular complexity index is 650. The Kier molecular flexibility index (Phi) is 4.52. The molecule has 7 heteroatoms. The van der Waals surface area contributed by atoms with E-state index in [9.17, 15) is 0 Å². The summed E-state index contributed by atoms with van der Waals surface area (Å²) in [6, 6.07) is 0. The van der Waals surface area contributed by atoms with Gasteiger partial charge in [-0.2, -0.15) is 10.2 Å². The van der Waals surface area contributed by atoms with E-state index in [-0.39, 0.29) is 6.10 Å². The molecule has 1 fully saturated rings. The van der Waals surface area contributed by atoms with Crippen LogP contribution in [0.2, 0.25) is 5.15 Å². The van der Waals surface area contributed by atoms with Crippen molar-refractivity contribution in [2.45, 2.75) is 33.0 Å². The summed E-state index contributed by atoms with van der Waals surface area (Å²) < 4.78 is 9.55. The second-order valence-electron chi connectivity index (χ2n) is 5.95. The maximum atomic E-state index is 6.33. The zero-order chi connectivity index (χ0) is 15.7. The lowest BCUT2D eigenvalue weighted by molar-refractivity contribution is -0.0402. The number of morpholine rings is 1. The lowest BCUT2D eigenvalue weighted by Crippen LogP contribution is -2.43. The first kappa shape index (κ1) is 15.5. The molecule has 3 rings (SSSR count). The molecule has 1 aliphatic heterocycles. The lowest BCUT2D eigenvalue weighted by atomic mass is 10.2. The standard InChI is InChI=1S/C15H22ClN5O/c1-11-6-17-21(7-11)9-13-8-20(4-5-22-13)10-14-12(2)18-19(3)15(14)16/h6-7,13H,4-5,8-10H2,1-3H3/t13-/m1/s1. The molecule has 0 spiro atoms. The Balaban J connectivity index is 1.63. The van der Waals surface area contributed by atoms with Crippen molar-refractivity contribution in [3.63, 3.8) is 0 Å². The van der Waals surface area contributed by atoms with E-state index in [2.05, 4.69) is 15.1 Å². The fourth-order valence-corrected chi connectivity index (χ4v) is 3.12. The largest absolute Gasteiger partial charge is 0.374 e. The lowest BCUT2D eigenvalue weighted by Gasteiger charge is -2.32. The van der Waals surface area contributed by atoms with Gasteiger partial charge in [0.05, 0.1) is 31.1 Å². The minimum Gasteiger partial charge on any atom is -0.374 e. The summed E-state index contributed by atoms with van der Waals surface area (Å²) in [7, 11) is 1.88. The van der Waals surface area contributed by atoms with Crippen LogP contribution >= 0.6 is 11.6 Å². The Labute approximate surface area is 135 Å². The number of aromatic nitrogens is 4. The van der Waals surface area contributed by atoms with E-state index in [1.165, 1.54) is 5.56 Å². The summed E-state index contributed by atoms with van der Waals surface area (Å²) in [6.45, 7) is 8.18. The highest BCUT2D eigenvalue weighted by molar-refractivity contribution is 6.30. The first-order valence-corrected chi connectivity index (χ1v) is 7.91. The maximum Gasteiger partial charge on any atom is 0.131 e. The second kappa shape index (κ2) is 6.40. The number of halogens is 1. The van der Waals surface area contributed by atoms with Gasteiger partial charge in [0.2, 0.25) is 0 Å². The first-order chi connectivity index (χ1) is 10.5. The van der Waals surface area contributed by atoms with Gasteiger partial charge in [0, 0.05) is 38.4 Å². The van der Waals surface area contributed by atoms with Crippen LogP contribution in [0.5, 0.6) is 0 Å². The van der Waals surface area contributed by atoms with Crippen molar-refractivity contribution in [3.05, 3.63) is 34.4 Å². The van der Waals surface area contributed by atoms with Crippen molar-refractivity contribution in [3.8, 4) is 0 Å². The van der Waals surface area contributed by atoms with Crippen LogP contribution in [-0.4, -0.2) is 50.3 Å². The normalized spacial score (nSPS) is 19.7. The smallest absolute Gasteiger partial charge is 0.131 e. The molecule has 120 valence electrons. The molecule has 0 aliphatic carbocycles. The Hall–Kier alpha value is -1.37. The van der Waals surface area contributed by atoms with Crippen LogP contribution in [0.25, 0.3) is 0 Å². The van der Waals surface area contributed by atoms with Gasteiger partial charge in [-0.3, -0.25) is 14.3 Å². The van der Waals surface area contributed by atoms with Crippen LogP contribution in [0.4, 0.5) is 0 Å². The molecule has 0 unspecified atom stereocenters. The molecule has 1 atom stereocenters. The molecule has 0 radical (unpaired) electrons. The third kappa shape index (κ3) is 3.34. The highest BCUT2D eigenvalue weighted by Gasteiger charge is 2.23. The number of nitrogens with zero attached hydrogens (tertiary/aromatic N) is 5. The average Bonchev–Trinajstić information content (AvgIpc) is 2.98. The van der Waals surface area contributed by atoms with Crippen molar-refractivity contribution in [1.82, 2.24) is 24.5 Å². The van der Waals surface area contributed by atoms with Crippen LogP contribution in [0.1, 0.15) is 16.8 Å². The van der Waals surface area contributed by atoms with Crippen molar-refractivity contribution in [2.75, 3.05) is 19.7 Å².